The van der Waals surface area contributed by atoms with Crippen LogP contribution in [-0.4, -0.2) is 27.6 Å². The molecule has 0 unspecified atom stereocenters. The first kappa shape index (κ1) is 18.0. The molecule has 3 heterocycles. The molecular formula is C20H20N4O4. The minimum absolute atomic E-state index is 0.285. The lowest BCUT2D eigenvalue weighted by Gasteiger charge is -2.16. The highest BCUT2D eigenvalue weighted by Crippen LogP contribution is 2.26. The van der Waals surface area contributed by atoms with Crippen molar-refractivity contribution in [3.05, 3.63) is 64.7 Å². The summed E-state index contributed by atoms with van der Waals surface area (Å²) in [6.07, 6.45) is 4.14. The summed E-state index contributed by atoms with van der Waals surface area (Å²) in [5.41, 5.74) is 1.54. The van der Waals surface area contributed by atoms with Crippen molar-refractivity contribution in [2.45, 2.75) is 31.8 Å². The molecule has 28 heavy (non-hydrogen) atoms. The molecule has 0 aliphatic carbocycles. The van der Waals surface area contributed by atoms with Gasteiger partial charge in [0.2, 0.25) is 5.89 Å². The predicted octanol–water partition coefficient (Wildman–Crippen LogP) is 2.73. The van der Waals surface area contributed by atoms with Gasteiger partial charge in [0.1, 0.15) is 29.5 Å². The number of esters is 1. The SMILES string of the molecule is COC(=O)[C@@H]1CCc2ncc(N[C@H](C)c3coc(-c4ccccc4)n3)c(=O)n21. The summed E-state index contributed by atoms with van der Waals surface area (Å²) in [6.45, 7) is 1.88. The number of hydrogen-bond acceptors (Lipinski definition) is 7. The molecule has 0 bridgehead atoms. The second kappa shape index (κ2) is 7.30. The van der Waals surface area contributed by atoms with Crippen molar-refractivity contribution in [1.29, 1.82) is 0 Å². The maximum Gasteiger partial charge on any atom is 0.329 e. The fourth-order valence-electron chi connectivity index (χ4n) is 3.37. The van der Waals surface area contributed by atoms with E-state index in [0.717, 1.165) is 5.56 Å². The first-order chi connectivity index (χ1) is 13.6. The minimum Gasteiger partial charge on any atom is -0.467 e. The fraction of sp³-hybridized carbons (Fsp3) is 0.300. The molecule has 0 saturated heterocycles. The number of benzene rings is 1. The molecule has 1 N–H and O–H groups in total. The monoisotopic (exact) mass is 380 g/mol. The smallest absolute Gasteiger partial charge is 0.329 e. The van der Waals surface area contributed by atoms with Crippen LogP contribution in [0.3, 0.4) is 0 Å². The van der Waals surface area contributed by atoms with Gasteiger partial charge in [-0.2, -0.15) is 0 Å². The Bertz CT molecular complexity index is 1060. The molecule has 8 nitrogen and oxygen atoms in total. The number of carbonyl (C=O) groups excluding carboxylic acids is 1. The zero-order valence-corrected chi connectivity index (χ0v) is 15.6. The summed E-state index contributed by atoms with van der Waals surface area (Å²) < 4.78 is 11.8. The Labute approximate surface area is 161 Å². The molecular weight excluding hydrogens is 360 g/mol. The summed E-state index contributed by atoms with van der Waals surface area (Å²) in [6, 6.07) is 8.66. The molecule has 0 spiro atoms. The van der Waals surface area contributed by atoms with Gasteiger partial charge < -0.3 is 14.5 Å². The Morgan fingerprint density at radius 2 is 2.14 bits per heavy atom. The Morgan fingerprint density at radius 1 is 1.36 bits per heavy atom. The van der Waals surface area contributed by atoms with E-state index >= 15 is 0 Å². The third-order valence-electron chi connectivity index (χ3n) is 4.85. The normalized spacial score (nSPS) is 16.4. The van der Waals surface area contributed by atoms with Crippen LogP contribution < -0.4 is 10.9 Å². The van der Waals surface area contributed by atoms with E-state index in [2.05, 4.69) is 15.3 Å². The summed E-state index contributed by atoms with van der Waals surface area (Å²) >= 11 is 0. The number of hydrogen-bond donors (Lipinski definition) is 1. The number of aromatic nitrogens is 3. The molecule has 1 aliphatic heterocycles. The molecule has 0 fully saturated rings. The van der Waals surface area contributed by atoms with Crippen molar-refractivity contribution in [3.8, 4) is 11.5 Å². The lowest BCUT2D eigenvalue weighted by Crippen LogP contribution is -2.31. The van der Waals surface area contributed by atoms with Gasteiger partial charge in [0.05, 0.1) is 19.3 Å². The standard InChI is InChI=1S/C20H20N4O4/c1-12(15-11-28-18(23-15)13-6-4-3-5-7-13)22-14-10-21-17-9-8-16(20(26)27-2)24(17)19(14)25/h3-7,10-12,16,22H,8-9H2,1-2H3/t12-,16+/m1/s1. The highest BCUT2D eigenvalue weighted by molar-refractivity contribution is 5.74. The van der Waals surface area contributed by atoms with E-state index in [9.17, 15) is 9.59 Å². The molecule has 144 valence electrons. The summed E-state index contributed by atoms with van der Waals surface area (Å²) in [7, 11) is 1.32. The third kappa shape index (κ3) is 3.17. The van der Waals surface area contributed by atoms with Crippen LogP contribution in [0.4, 0.5) is 5.69 Å². The average Bonchev–Trinajstić information content (AvgIpc) is 3.38. The highest BCUT2D eigenvalue weighted by atomic mass is 16.5. The van der Waals surface area contributed by atoms with Gasteiger partial charge in [-0.1, -0.05) is 18.2 Å². The van der Waals surface area contributed by atoms with Gasteiger partial charge in [0.15, 0.2) is 0 Å². The molecule has 0 radical (unpaired) electrons. The Morgan fingerprint density at radius 3 is 2.89 bits per heavy atom. The fourth-order valence-corrected chi connectivity index (χ4v) is 3.37. The first-order valence-electron chi connectivity index (χ1n) is 9.04. The number of anilines is 1. The van der Waals surface area contributed by atoms with E-state index in [0.29, 0.717) is 35.9 Å². The van der Waals surface area contributed by atoms with Crippen LogP contribution in [0, 0.1) is 0 Å². The molecule has 8 heteroatoms. The third-order valence-corrected chi connectivity index (χ3v) is 4.85. The van der Waals surface area contributed by atoms with Gasteiger partial charge in [-0.15, -0.1) is 0 Å². The number of carbonyl (C=O) groups is 1. The molecule has 2 atom stereocenters. The molecule has 1 aliphatic rings. The molecule has 3 aromatic rings. The maximum absolute atomic E-state index is 12.9. The van der Waals surface area contributed by atoms with E-state index in [1.165, 1.54) is 17.9 Å². The van der Waals surface area contributed by atoms with Crippen LogP contribution in [0.1, 0.15) is 36.9 Å². The van der Waals surface area contributed by atoms with Gasteiger partial charge in [0.25, 0.3) is 5.56 Å². The van der Waals surface area contributed by atoms with E-state index in [1.54, 1.807) is 6.26 Å². The Balaban J connectivity index is 1.58. The summed E-state index contributed by atoms with van der Waals surface area (Å²) in [4.78, 5) is 33.7. The van der Waals surface area contributed by atoms with Gasteiger partial charge in [-0.05, 0) is 25.5 Å². The van der Waals surface area contributed by atoms with Crippen LogP contribution in [0.25, 0.3) is 11.5 Å². The zero-order chi connectivity index (χ0) is 19.7. The lowest BCUT2D eigenvalue weighted by atomic mass is 10.2. The van der Waals surface area contributed by atoms with Crippen LogP contribution in [0.15, 0.2) is 52.0 Å². The number of ether oxygens (including phenoxy) is 1. The molecule has 0 saturated carbocycles. The molecule has 1 aromatic carbocycles. The van der Waals surface area contributed by atoms with E-state index < -0.39 is 12.0 Å². The molecule has 2 aromatic heterocycles. The van der Waals surface area contributed by atoms with Gasteiger partial charge in [0, 0.05) is 12.0 Å². The first-order valence-corrected chi connectivity index (χ1v) is 9.04. The van der Waals surface area contributed by atoms with Crippen LogP contribution in [0.5, 0.6) is 0 Å². The van der Waals surface area contributed by atoms with Crippen molar-refractivity contribution in [3.63, 3.8) is 0 Å². The van der Waals surface area contributed by atoms with Gasteiger partial charge in [-0.3, -0.25) is 9.36 Å². The maximum atomic E-state index is 12.9. The largest absolute Gasteiger partial charge is 0.467 e. The quantitative estimate of drug-likeness (QED) is 0.679. The number of nitrogens with zero attached hydrogens (tertiary/aromatic N) is 3. The van der Waals surface area contributed by atoms with Crippen LogP contribution >= 0.6 is 0 Å². The number of aryl methyl sites for hydroxylation is 1. The second-order valence-electron chi connectivity index (χ2n) is 6.65. The molecule has 0 amide bonds. The van der Waals surface area contributed by atoms with E-state index in [-0.39, 0.29) is 11.6 Å². The van der Waals surface area contributed by atoms with E-state index in [1.807, 2.05) is 37.3 Å². The highest BCUT2D eigenvalue weighted by Gasteiger charge is 2.32. The van der Waals surface area contributed by atoms with Gasteiger partial charge >= 0.3 is 5.97 Å². The number of methoxy groups -OCH3 is 1. The minimum atomic E-state index is -0.631. The van der Waals surface area contributed by atoms with Crippen LogP contribution in [0.2, 0.25) is 0 Å². The number of nitrogens with one attached hydrogen (secondary N) is 1. The molecule has 4 rings (SSSR count). The average molecular weight is 380 g/mol. The number of rotatable bonds is 5. The summed E-state index contributed by atoms with van der Waals surface area (Å²) in [5, 5.41) is 3.13. The predicted molar refractivity (Wildman–Crippen MR) is 102 cm³/mol. The zero-order valence-electron chi connectivity index (χ0n) is 15.6. The number of oxazole rings is 1. The van der Waals surface area contributed by atoms with Crippen molar-refractivity contribution >= 4 is 11.7 Å². The van der Waals surface area contributed by atoms with Crippen molar-refractivity contribution < 1.29 is 13.9 Å². The van der Waals surface area contributed by atoms with Gasteiger partial charge in [-0.25, -0.2) is 14.8 Å². The van der Waals surface area contributed by atoms with Crippen molar-refractivity contribution in [1.82, 2.24) is 14.5 Å². The Kier molecular flexibility index (Phi) is 4.68. The van der Waals surface area contributed by atoms with Crippen molar-refractivity contribution in [2.75, 3.05) is 12.4 Å². The van der Waals surface area contributed by atoms with Crippen LogP contribution in [-0.2, 0) is 16.0 Å². The van der Waals surface area contributed by atoms with E-state index in [4.69, 9.17) is 9.15 Å². The Hall–Kier alpha value is -3.42. The van der Waals surface area contributed by atoms with Crippen molar-refractivity contribution in [2.24, 2.45) is 0 Å². The lowest BCUT2D eigenvalue weighted by molar-refractivity contribution is -0.144. The number of fused-ring (bicyclic) bond motifs is 1. The summed E-state index contributed by atoms with van der Waals surface area (Å²) in [5.74, 6) is 0.669. The second-order valence-corrected chi connectivity index (χ2v) is 6.65. The topological polar surface area (TPSA) is 99.2 Å².